The molecule has 1 aliphatic carbocycles. The Kier molecular flexibility index (Phi) is 4.32. The average molecular weight is 279 g/mol. The second kappa shape index (κ2) is 5.98. The van der Waals surface area contributed by atoms with E-state index in [9.17, 15) is 9.59 Å². The van der Waals surface area contributed by atoms with Crippen molar-refractivity contribution in [2.45, 2.75) is 32.2 Å². The predicted octanol–water partition coefficient (Wildman–Crippen LogP) is 1.43. The number of carbonyl (C=O) groups is 2. The van der Waals surface area contributed by atoms with Crippen LogP contribution in [0.2, 0.25) is 0 Å². The van der Waals surface area contributed by atoms with Crippen molar-refractivity contribution >= 4 is 17.6 Å². The number of amides is 1. The third kappa shape index (κ3) is 3.12. The van der Waals surface area contributed by atoms with Crippen LogP contribution in [0.5, 0.6) is 0 Å². The Morgan fingerprint density at radius 1 is 1.50 bits per heavy atom. The molecular formula is C14H21N3O3. The summed E-state index contributed by atoms with van der Waals surface area (Å²) in [5.41, 5.74) is 6.94. The van der Waals surface area contributed by atoms with Crippen LogP contribution in [0.4, 0.5) is 5.69 Å². The summed E-state index contributed by atoms with van der Waals surface area (Å²) in [5.74, 6) is -0.579. The van der Waals surface area contributed by atoms with Crippen molar-refractivity contribution in [1.29, 1.82) is 0 Å². The van der Waals surface area contributed by atoms with E-state index < -0.39 is 5.97 Å². The molecule has 1 saturated carbocycles. The van der Waals surface area contributed by atoms with E-state index in [0.29, 0.717) is 24.0 Å². The van der Waals surface area contributed by atoms with Gasteiger partial charge in [0.25, 0.3) is 5.91 Å². The first-order valence-electron chi connectivity index (χ1n) is 6.90. The summed E-state index contributed by atoms with van der Waals surface area (Å²) in [6.07, 6.45) is 4.72. The van der Waals surface area contributed by atoms with Gasteiger partial charge in [0.15, 0.2) is 0 Å². The third-order valence-corrected chi connectivity index (χ3v) is 3.36. The van der Waals surface area contributed by atoms with Crippen molar-refractivity contribution in [1.82, 2.24) is 9.47 Å². The number of esters is 1. The number of nitrogens with two attached hydrogens (primary N) is 1. The summed E-state index contributed by atoms with van der Waals surface area (Å²) in [6, 6.07) is 2.05. The number of anilines is 1. The van der Waals surface area contributed by atoms with Gasteiger partial charge in [-0.25, -0.2) is 0 Å². The molecule has 2 rings (SSSR count). The van der Waals surface area contributed by atoms with Gasteiger partial charge in [0, 0.05) is 18.8 Å². The largest absolute Gasteiger partial charge is 0.468 e. The molecule has 20 heavy (non-hydrogen) atoms. The van der Waals surface area contributed by atoms with Crippen molar-refractivity contribution in [3.8, 4) is 0 Å². The maximum atomic E-state index is 12.6. The molecular weight excluding hydrogens is 258 g/mol. The molecule has 0 atom stereocenters. The number of ether oxygens (including phenoxy) is 1. The van der Waals surface area contributed by atoms with Gasteiger partial charge in [0.05, 0.1) is 12.8 Å². The molecule has 110 valence electrons. The first-order chi connectivity index (χ1) is 9.56. The smallest absolute Gasteiger partial charge is 0.325 e. The normalized spacial score (nSPS) is 14.1. The number of hydrogen-bond donors (Lipinski definition) is 1. The van der Waals surface area contributed by atoms with Gasteiger partial charge in [0.1, 0.15) is 12.2 Å². The zero-order valence-corrected chi connectivity index (χ0v) is 12.0. The highest BCUT2D eigenvalue weighted by atomic mass is 16.5. The first kappa shape index (κ1) is 14.4. The van der Waals surface area contributed by atoms with Crippen LogP contribution in [-0.2, 0) is 9.53 Å². The Morgan fingerprint density at radius 2 is 2.20 bits per heavy atom. The molecule has 1 aliphatic rings. The van der Waals surface area contributed by atoms with Crippen LogP contribution in [0.3, 0.4) is 0 Å². The van der Waals surface area contributed by atoms with Crippen molar-refractivity contribution < 1.29 is 14.3 Å². The monoisotopic (exact) mass is 279 g/mol. The fraction of sp³-hybridized carbons (Fsp3) is 0.571. The van der Waals surface area contributed by atoms with Crippen molar-refractivity contribution in [3.63, 3.8) is 0 Å². The molecule has 6 nitrogen and oxygen atoms in total. The Morgan fingerprint density at radius 3 is 2.75 bits per heavy atom. The van der Waals surface area contributed by atoms with E-state index in [2.05, 4.69) is 4.74 Å². The van der Waals surface area contributed by atoms with Crippen LogP contribution in [0.25, 0.3) is 0 Å². The Balaban J connectivity index is 2.20. The molecule has 6 heteroatoms. The van der Waals surface area contributed by atoms with Gasteiger partial charge < -0.3 is 19.9 Å². The van der Waals surface area contributed by atoms with E-state index in [-0.39, 0.29) is 12.5 Å². The van der Waals surface area contributed by atoms with Crippen molar-refractivity contribution in [2.75, 3.05) is 25.9 Å². The number of carbonyl (C=O) groups excluding carboxylic acids is 2. The number of hydrogen-bond acceptors (Lipinski definition) is 4. The lowest BCUT2D eigenvalue weighted by atomic mass is 10.3. The van der Waals surface area contributed by atoms with Gasteiger partial charge >= 0.3 is 5.97 Å². The van der Waals surface area contributed by atoms with Gasteiger partial charge in [-0.05, 0) is 25.3 Å². The van der Waals surface area contributed by atoms with E-state index in [1.165, 1.54) is 12.0 Å². The second-order valence-corrected chi connectivity index (χ2v) is 5.10. The summed E-state index contributed by atoms with van der Waals surface area (Å²) >= 11 is 0. The zero-order chi connectivity index (χ0) is 14.7. The molecule has 0 aromatic carbocycles. The summed E-state index contributed by atoms with van der Waals surface area (Å²) in [7, 11) is 1.32. The van der Waals surface area contributed by atoms with E-state index in [1.54, 1.807) is 12.3 Å². The van der Waals surface area contributed by atoms with Gasteiger partial charge in [-0.3, -0.25) is 9.59 Å². The lowest BCUT2D eigenvalue weighted by molar-refractivity contribution is -0.141. The third-order valence-electron chi connectivity index (χ3n) is 3.36. The van der Waals surface area contributed by atoms with E-state index in [4.69, 9.17) is 5.73 Å². The molecule has 1 fully saturated rings. The number of rotatable bonds is 6. The molecule has 0 unspecified atom stereocenters. The van der Waals surface area contributed by atoms with Crippen LogP contribution in [-0.4, -0.2) is 41.5 Å². The summed E-state index contributed by atoms with van der Waals surface area (Å²) in [6.45, 7) is 2.45. The Bertz CT molecular complexity index is 506. The summed E-state index contributed by atoms with van der Waals surface area (Å²) in [4.78, 5) is 25.5. The summed E-state index contributed by atoms with van der Waals surface area (Å²) < 4.78 is 6.57. The molecule has 1 heterocycles. The van der Waals surface area contributed by atoms with E-state index >= 15 is 0 Å². The minimum atomic E-state index is -0.413. The Labute approximate surface area is 118 Å². The highest BCUT2D eigenvalue weighted by Crippen LogP contribution is 2.37. The lowest BCUT2D eigenvalue weighted by Crippen LogP contribution is -2.37. The van der Waals surface area contributed by atoms with E-state index in [1.807, 2.05) is 11.5 Å². The van der Waals surface area contributed by atoms with Crippen LogP contribution in [0, 0.1) is 0 Å². The fourth-order valence-electron chi connectivity index (χ4n) is 2.23. The maximum Gasteiger partial charge on any atom is 0.325 e. The van der Waals surface area contributed by atoms with Crippen LogP contribution >= 0.6 is 0 Å². The number of nitrogen functional groups attached to an aromatic ring is 1. The molecule has 1 aromatic heterocycles. The lowest BCUT2D eigenvalue weighted by Gasteiger charge is -2.21. The van der Waals surface area contributed by atoms with Crippen LogP contribution < -0.4 is 5.73 Å². The molecule has 0 aliphatic heterocycles. The average Bonchev–Trinajstić information content (AvgIpc) is 3.20. The summed E-state index contributed by atoms with van der Waals surface area (Å²) in [5, 5.41) is 0. The molecule has 0 radical (unpaired) electrons. The second-order valence-electron chi connectivity index (χ2n) is 5.10. The molecule has 0 saturated heterocycles. The minimum absolute atomic E-state index is 0.0288. The van der Waals surface area contributed by atoms with Gasteiger partial charge in [-0.1, -0.05) is 6.92 Å². The number of nitrogens with zero attached hydrogens (tertiary/aromatic N) is 2. The maximum absolute atomic E-state index is 12.6. The quantitative estimate of drug-likeness (QED) is 0.799. The van der Waals surface area contributed by atoms with Gasteiger partial charge in [-0.2, -0.15) is 0 Å². The zero-order valence-electron chi connectivity index (χ0n) is 12.0. The molecule has 1 aromatic rings. The predicted molar refractivity (Wildman–Crippen MR) is 75.3 cm³/mol. The van der Waals surface area contributed by atoms with Crippen molar-refractivity contribution in [3.05, 3.63) is 18.0 Å². The number of aromatic nitrogens is 1. The topological polar surface area (TPSA) is 77.6 Å². The molecule has 0 spiro atoms. The molecule has 1 amide bonds. The van der Waals surface area contributed by atoms with E-state index in [0.717, 1.165) is 19.3 Å². The molecule has 0 bridgehead atoms. The highest BCUT2D eigenvalue weighted by molar-refractivity contribution is 5.95. The van der Waals surface area contributed by atoms with Crippen molar-refractivity contribution in [2.24, 2.45) is 0 Å². The highest BCUT2D eigenvalue weighted by Gasteiger charge is 2.29. The Hall–Kier alpha value is -1.98. The fourth-order valence-corrected chi connectivity index (χ4v) is 2.23. The molecule has 2 N–H and O–H groups in total. The number of methoxy groups -OCH3 is 1. The SMILES string of the molecule is CCCN(CC(=O)OC)C(=O)c1cc(N)cn1C1CC1. The van der Waals surface area contributed by atoms with Crippen LogP contribution in [0.15, 0.2) is 12.3 Å². The standard InChI is InChI=1S/C14H21N3O3/c1-3-6-16(9-13(18)20-2)14(19)12-7-10(15)8-17(12)11-4-5-11/h7-8,11H,3-6,9,15H2,1-2H3. The van der Waals surface area contributed by atoms with Gasteiger partial charge in [-0.15, -0.1) is 0 Å². The first-order valence-corrected chi connectivity index (χ1v) is 6.90. The van der Waals surface area contributed by atoms with Crippen LogP contribution in [0.1, 0.15) is 42.7 Å². The van der Waals surface area contributed by atoms with Gasteiger partial charge in [0.2, 0.25) is 0 Å². The minimum Gasteiger partial charge on any atom is -0.468 e.